The third kappa shape index (κ3) is 3.62. The number of carbonyl (C=O) groups is 1. The number of carbonyl (C=O) groups excluding carboxylic acids is 1. The van der Waals surface area contributed by atoms with E-state index in [1.807, 2.05) is 34.6 Å². The second-order valence-electron chi connectivity index (χ2n) is 8.72. The molecule has 1 fully saturated rings. The monoisotopic (exact) mass is 402 g/mol. The van der Waals surface area contributed by atoms with E-state index >= 15 is 0 Å². The van der Waals surface area contributed by atoms with Gasteiger partial charge in [0.25, 0.3) is 0 Å². The van der Waals surface area contributed by atoms with Gasteiger partial charge in [-0.2, -0.15) is 0 Å². The second-order valence-corrected chi connectivity index (χ2v) is 10.6. The van der Waals surface area contributed by atoms with Gasteiger partial charge in [-0.05, 0) is 44.4 Å². The summed E-state index contributed by atoms with van der Waals surface area (Å²) in [7, 11) is -3.76. The summed E-state index contributed by atoms with van der Waals surface area (Å²) in [6, 6.07) is 8.66. The lowest BCUT2D eigenvalue weighted by Crippen LogP contribution is -2.30. The van der Waals surface area contributed by atoms with Crippen LogP contribution in [0.5, 0.6) is 0 Å². The Balaban J connectivity index is 2.24. The summed E-state index contributed by atoms with van der Waals surface area (Å²) in [5, 5.41) is 2.98. The summed E-state index contributed by atoms with van der Waals surface area (Å²) in [5.41, 5.74) is 0.992. The first-order valence-corrected chi connectivity index (χ1v) is 11.4. The molecule has 0 unspecified atom stereocenters. The van der Waals surface area contributed by atoms with Crippen molar-refractivity contribution in [2.75, 3.05) is 5.32 Å². The molecule has 0 aliphatic heterocycles. The number of rotatable bonds is 4. The molecule has 5 nitrogen and oxygen atoms in total. The predicted molar refractivity (Wildman–Crippen MR) is 111 cm³/mol. The third-order valence-electron chi connectivity index (χ3n) is 5.63. The molecule has 1 aromatic carbocycles. The van der Waals surface area contributed by atoms with Gasteiger partial charge < -0.3 is 9.88 Å². The Hall–Kier alpha value is -2.08. The highest BCUT2D eigenvalue weighted by atomic mass is 32.2. The Morgan fingerprint density at radius 1 is 1.07 bits per heavy atom. The maximum atomic E-state index is 13.5. The average Bonchev–Trinajstić information content (AvgIpc) is 3.22. The molecule has 0 radical (unpaired) electrons. The quantitative estimate of drug-likeness (QED) is 0.779. The van der Waals surface area contributed by atoms with Crippen LogP contribution in [0.15, 0.2) is 40.1 Å². The number of nitrogens with one attached hydrogen (secondary N) is 1. The van der Waals surface area contributed by atoms with E-state index in [9.17, 15) is 13.2 Å². The molecule has 0 saturated heterocycles. The predicted octanol–water partition coefficient (Wildman–Crippen LogP) is 5.04. The fourth-order valence-corrected chi connectivity index (χ4v) is 5.58. The SMILES string of the molecule is Cc1c(S(=O)(=O)c2ccccc2)c(NC(=O)C(C)(C)C)n(C2CCCC2)c1C. The highest BCUT2D eigenvalue weighted by Gasteiger charge is 2.34. The molecule has 0 atom stereocenters. The molecule has 1 saturated carbocycles. The van der Waals surface area contributed by atoms with E-state index in [1.54, 1.807) is 30.3 Å². The van der Waals surface area contributed by atoms with Crippen LogP contribution in [0.2, 0.25) is 0 Å². The molecule has 2 aromatic rings. The minimum absolute atomic E-state index is 0.186. The maximum absolute atomic E-state index is 13.5. The van der Waals surface area contributed by atoms with E-state index in [0.717, 1.165) is 31.4 Å². The molecular weight excluding hydrogens is 372 g/mol. The number of hydrogen-bond acceptors (Lipinski definition) is 3. The Bertz CT molecular complexity index is 977. The van der Waals surface area contributed by atoms with Crippen molar-refractivity contribution in [1.82, 2.24) is 4.57 Å². The Morgan fingerprint density at radius 3 is 2.18 bits per heavy atom. The summed E-state index contributed by atoms with van der Waals surface area (Å²) in [6.45, 7) is 9.27. The molecule has 1 heterocycles. The number of aromatic nitrogens is 1. The van der Waals surface area contributed by atoms with Crippen molar-refractivity contribution in [2.45, 2.75) is 76.1 Å². The van der Waals surface area contributed by atoms with Crippen LogP contribution >= 0.6 is 0 Å². The fourth-order valence-electron chi connectivity index (χ4n) is 3.88. The van der Waals surface area contributed by atoms with Gasteiger partial charge in [0.05, 0.1) is 4.90 Å². The summed E-state index contributed by atoms with van der Waals surface area (Å²) in [6.07, 6.45) is 4.24. The molecule has 28 heavy (non-hydrogen) atoms. The average molecular weight is 403 g/mol. The lowest BCUT2D eigenvalue weighted by Gasteiger charge is -2.23. The number of hydrogen-bond donors (Lipinski definition) is 1. The van der Waals surface area contributed by atoms with Gasteiger partial charge in [-0.25, -0.2) is 8.42 Å². The van der Waals surface area contributed by atoms with Gasteiger partial charge >= 0.3 is 0 Å². The highest BCUT2D eigenvalue weighted by molar-refractivity contribution is 7.91. The van der Waals surface area contributed by atoms with Gasteiger partial charge in [-0.1, -0.05) is 51.8 Å². The summed E-state index contributed by atoms with van der Waals surface area (Å²) < 4.78 is 29.1. The molecule has 6 heteroatoms. The fraction of sp³-hybridized carbons (Fsp3) is 0.500. The molecule has 1 aromatic heterocycles. The van der Waals surface area contributed by atoms with Crippen molar-refractivity contribution in [1.29, 1.82) is 0 Å². The first-order chi connectivity index (χ1) is 13.0. The van der Waals surface area contributed by atoms with E-state index in [4.69, 9.17) is 0 Å². The lowest BCUT2D eigenvalue weighted by molar-refractivity contribution is -0.123. The number of nitrogens with zero attached hydrogens (tertiary/aromatic N) is 1. The smallest absolute Gasteiger partial charge is 0.230 e. The molecule has 3 rings (SSSR count). The normalized spacial score (nSPS) is 15.8. The van der Waals surface area contributed by atoms with Gasteiger partial charge in [0, 0.05) is 17.2 Å². The van der Waals surface area contributed by atoms with Crippen LogP contribution in [0, 0.1) is 19.3 Å². The topological polar surface area (TPSA) is 68.2 Å². The van der Waals surface area contributed by atoms with E-state index in [1.165, 1.54) is 0 Å². The van der Waals surface area contributed by atoms with Crippen LogP contribution in [0.1, 0.15) is 63.8 Å². The Labute approximate surface area is 168 Å². The van der Waals surface area contributed by atoms with Crippen molar-refractivity contribution in [3.8, 4) is 0 Å². The van der Waals surface area contributed by atoms with Crippen LogP contribution in [-0.2, 0) is 14.6 Å². The van der Waals surface area contributed by atoms with E-state index < -0.39 is 15.3 Å². The van der Waals surface area contributed by atoms with Crippen LogP contribution in [-0.4, -0.2) is 18.9 Å². The van der Waals surface area contributed by atoms with E-state index in [0.29, 0.717) is 11.4 Å². The van der Waals surface area contributed by atoms with Gasteiger partial charge in [-0.3, -0.25) is 4.79 Å². The first kappa shape index (κ1) is 20.6. The Kier molecular flexibility index (Phi) is 5.45. The van der Waals surface area contributed by atoms with Crippen molar-refractivity contribution < 1.29 is 13.2 Å². The molecule has 1 N–H and O–H groups in total. The highest BCUT2D eigenvalue weighted by Crippen LogP contribution is 2.42. The largest absolute Gasteiger partial charge is 0.327 e. The standard InChI is InChI=1S/C22H30N2O3S/c1-15-16(2)24(17-11-9-10-12-17)20(23-21(25)22(3,4)5)19(15)28(26,27)18-13-7-6-8-14-18/h6-8,13-14,17H,9-12H2,1-5H3,(H,23,25). The van der Waals surface area contributed by atoms with Crippen molar-refractivity contribution in [2.24, 2.45) is 5.41 Å². The van der Waals surface area contributed by atoms with Gasteiger partial charge in [0.15, 0.2) is 0 Å². The number of benzene rings is 1. The minimum atomic E-state index is -3.76. The summed E-state index contributed by atoms with van der Waals surface area (Å²) in [5.74, 6) is 0.236. The third-order valence-corrected chi connectivity index (χ3v) is 7.56. The maximum Gasteiger partial charge on any atom is 0.230 e. The number of sulfone groups is 1. The van der Waals surface area contributed by atoms with Gasteiger partial charge in [0.2, 0.25) is 15.7 Å². The zero-order valence-electron chi connectivity index (χ0n) is 17.4. The zero-order valence-corrected chi connectivity index (χ0v) is 18.2. The molecule has 152 valence electrons. The van der Waals surface area contributed by atoms with Crippen molar-refractivity contribution in [3.63, 3.8) is 0 Å². The summed E-state index contributed by atoms with van der Waals surface area (Å²) in [4.78, 5) is 13.3. The van der Waals surface area contributed by atoms with Crippen LogP contribution in [0.25, 0.3) is 0 Å². The molecule has 1 aliphatic rings. The lowest BCUT2D eigenvalue weighted by atomic mass is 9.96. The van der Waals surface area contributed by atoms with Crippen LogP contribution in [0.3, 0.4) is 0 Å². The van der Waals surface area contributed by atoms with E-state index in [2.05, 4.69) is 9.88 Å². The Morgan fingerprint density at radius 2 is 1.64 bits per heavy atom. The first-order valence-electron chi connectivity index (χ1n) is 9.88. The zero-order chi connectivity index (χ0) is 20.7. The molecular formula is C22H30N2O3S. The molecule has 1 aliphatic carbocycles. The number of amides is 1. The number of anilines is 1. The van der Waals surface area contributed by atoms with Gasteiger partial charge in [0.1, 0.15) is 10.7 Å². The molecule has 1 amide bonds. The summed E-state index contributed by atoms with van der Waals surface area (Å²) >= 11 is 0. The van der Waals surface area contributed by atoms with Crippen molar-refractivity contribution >= 4 is 21.6 Å². The van der Waals surface area contributed by atoms with Gasteiger partial charge in [-0.15, -0.1) is 0 Å². The molecule has 0 bridgehead atoms. The van der Waals surface area contributed by atoms with Crippen LogP contribution < -0.4 is 5.32 Å². The van der Waals surface area contributed by atoms with E-state index in [-0.39, 0.29) is 21.7 Å². The van der Waals surface area contributed by atoms with Crippen LogP contribution in [0.4, 0.5) is 5.82 Å². The second kappa shape index (κ2) is 7.39. The minimum Gasteiger partial charge on any atom is -0.327 e. The van der Waals surface area contributed by atoms with Crippen molar-refractivity contribution in [3.05, 3.63) is 41.6 Å². The molecule has 0 spiro atoms.